The molecule has 0 unspecified atom stereocenters. The SMILES string of the molecule is c1ccc(-c2nc(-c3ccccc3)nc(-c3cccc(-c4nc5cc(-c6cccc(-c7cccc8c7oc7ccccc78)c6)ccc5c5oc6ccccc6c45)c3)n2)cc1. The smallest absolute Gasteiger partial charge is 0.164 e. The van der Waals surface area contributed by atoms with E-state index in [1.807, 2.05) is 103 Å². The molecule has 0 aliphatic carbocycles. The highest BCUT2D eigenvalue weighted by molar-refractivity contribution is 6.19. The minimum Gasteiger partial charge on any atom is -0.455 e. The lowest BCUT2D eigenvalue weighted by Gasteiger charge is -2.11. The van der Waals surface area contributed by atoms with Crippen molar-refractivity contribution in [2.45, 2.75) is 0 Å². The molecule has 0 aliphatic heterocycles. The number of aromatic nitrogens is 4. The van der Waals surface area contributed by atoms with Gasteiger partial charge in [0, 0.05) is 49.4 Å². The minimum absolute atomic E-state index is 0.583. The number of benzene rings is 8. The fourth-order valence-electron chi connectivity index (χ4n) is 8.44. The van der Waals surface area contributed by atoms with Gasteiger partial charge in [-0.15, -0.1) is 0 Å². The Hall–Kier alpha value is -8.22. The largest absolute Gasteiger partial charge is 0.455 e. The Kier molecular flexibility index (Phi) is 7.74. The number of furan rings is 2. The minimum atomic E-state index is 0.583. The molecule has 0 fully saturated rings. The molecule has 0 atom stereocenters. The quantitative estimate of drug-likeness (QED) is 0.168. The van der Waals surface area contributed by atoms with Crippen LogP contribution in [-0.2, 0) is 0 Å². The van der Waals surface area contributed by atoms with E-state index in [4.69, 9.17) is 28.8 Å². The van der Waals surface area contributed by atoms with Gasteiger partial charge < -0.3 is 8.83 Å². The van der Waals surface area contributed by atoms with Gasteiger partial charge in [-0.25, -0.2) is 19.9 Å². The Bertz CT molecular complexity index is 3550. The van der Waals surface area contributed by atoms with E-state index in [2.05, 4.69) is 91.0 Å². The first kappa shape index (κ1) is 33.9. The standard InChI is InChI=1S/C54H32N4O2/c1-3-14-33(15-4-1)52-56-53(34-16-5-2-6-17-34)58-54(57-52)39-21-12-20-38(31-39)49-48-44-23-8-10-27-47(44)60-51(48)43-29-28-36(32-45(43)55-49)35-18-11-19-37(30-35)40-24-13-25-42-41-22-7-9-26-46(41)59-50(40)42/h1-32H. The van der Waals surface area contributed by atoms with Crippen molar-refractivity contribution in [2.24, 2.45) is 0 Å². The van der Waals surface area contributed by atoms with Crippen LogP contribution in [0.15, 0.2) is 203 Å². The van der Waals surface area contributed by atoms with Gasteiger partial charge in [0.05, 0.1) is 16.6 Å². The van der Waals surface area contributed by atoms with Crippen molar-refractivity contribution in [3.63, 3.8) is 0 Å². The van der Waals surface area contributed by atoms with Crippen molar-refractivity contribution in [1.82, 2.24) is 19.9 Å². The van der Waals surface area contributed by atoms with Crippen LogP contribution in [0.1, 0.15) is 0 Å². The lowest BCUT2D eigenvalue weighted by atomic mass is 9.96. The van der Waals surface area contributed by atoms with Gasteiger partial charge in [0.25, 0.3) is 0 Å². The maximum atomic E-state index is 6.68. The first-order chi connectivity index (χ1) is 29.7. The van der Waals surface area contributed by atoms with Crippen LogP contribution < -0.4 is 0 Å². The fraction of sp³-hybridized carbons (Fsp3) is 0. The van der Waals surface area contributed by atoms with Gasteiger partial charge in [0.2, 0.25) is 0 Å². The molecule has 280 valence electrons. The molecule has 12 rings (SSSR count). The molecule has 0 aliphatic rings. The van der Waals surface area contributed by atoms with Crippen molar-refractivity contribution in [3.05, 3.63) is 194 Å². The molecule has 0 saturated heterocycles. The highest BCUT2D eigenvalue weighted by Crippen LogP contribution is 2.42. The maximum Gasteiger partial charge on any atom is 0.164 e. The third-order valence-electron chi connectivity index (χ3n) is 11.3. The number of para-hydroxylation sites is 3. The average molecular weight is 769 g/mol. The first-order valence-corrected chi connectivity index (χ1v) is 20.0. The second-order valence-electron chi connectivity index (χ2n) is 15.0. The van der Waals surface area contributed by atoms with E-state index in [1.165, 1.54) is 0 Å². The van der Waals surface area contributed by atoms with E-state index in [9.17, 15) is 0 Å². The Morgan fingerprint density at radius 2 is 0.817 bits per heavy atom. The molecule has 0 amide bonds. The molecule has 0 N–H and O–H groups in total. The molecule has 60 heavy (non-hydrogen) atoms. The van der Waals surface area contributed by atoms with Crippen LogP contribution in [0, 0.1) is 0 Å². The zero-order chi connectivity index (χ0) is 39.6. The third-order valence-corrected chi connectivity index (χ3v) is 11.3. The Balaban J connectivity index is 1.01. The van der Waals surface area contributed by atoms with Crippen LogP contribution >= 0.6 is 0 Å². The van der Waals surface area contributed by atoms with Crippen LogP contribution in [0.5, 0.6) is 0 Å². The lowest BCUT2D eigenvalue weighted by molar-refractivity contribution is 0.670. The number of hydrogen-bond acceptors (Lipinski definition) is 6. The summed E-state index contributed by atoms with van der Waals surface area (Å²) in [5.74, 6) is 1.81. The summed E-state index contributed by atoms with van der Waals surface area (Å²) in [6.07, 6.45) is 0. The van der Waals surface area contributed by atoms with Crippen LogP contribution in [0.2, 0.25) is 0 Å². The average Bonchev–Trinajstić information content (AvgIpc) is 3.91. The molecule has 8 aromatic carbocycles. The summed E-state index contributed by atoms with van der Waals surface area (Å²) >= 11 is 0. The van der Waals surface area contributed by atoms with Crippen molar-refractivity contribution in [1.29, 1.82) is 0 Å². The normalized spacial score (nSPS) is 11.7. The summed E-state index contributed by atoms with van der Waals surface area (Å²) in [7, 11) is 0. The summed E-state index contributed by atoms with van der Waals surface area (Å²) < 4.78 is 13.1. The molecule has 0 spiro atoms. The van der Waals surface area contributed by atoms with Crippen molar-refractivity contribution >= 4 is 54.8 Å². The van der Waals surface area contributed by atoms with Crippen molar-refractivity contribution < 1.29 is 8.83 Å². The maximum absolute atomic E-state index is 6.68. The summed E-state index contributed by atoms with van der Waals surface area (Å²) in [5.41, 5.74) is 13.0. The van der Waals surface area contributed by atoms with Gasteiger partial charge in [-0.05, 0) is 53.1 Å². The highest BCUT2D eigenvalue weighted by atomic mass is 16.3. The first-order valence-electron chi connectivity index (χ1n) is 20.0. The number of rotatable bonds is 6. The number of pyridine rings is 1. The molecular weight excluding hydrogens is 737 g/mol. The van der Waals surface area contributed by atoms with E-state index >= 15 is 0 Å². The van der Waals surface area contributed by atoms with E-state index in [1.54, 1.807) is 0 Å². The van der Waals surface area contributed by atoms with Crippen molar-refractivity contribution in [3.8, 4) is 67.7 Å². The number of hydrogen-bond donors (Lipinski definition) is 0. The van der Waals surface area contributed by atoms with Gasteiger partial charge in [-0.1, -0.05) is 158 Å². The molecule has 0 saturated carbocycles. The summed E-state index contributed by atoms with van der Waals surface area (Å²) in [4.78, 5) is 20.4. The summed E-state index contributed by atoms with van der Waals surface area (Å²) in [5, 5.41) is 5.15. The van der Waals surface area contributed by atoms with Crippen LogP contribution in [-0.4, -0.2) is 19.9 Å². The van der Waals surface area contributed by atoms with Crippen LogP contribution in [0.3, 0.4) is 0 Å². The van der Waals surface area contributed by atoms with Crippen LogP contribution in [0.4, 0.5) is 0 Å². The van der Waals surface area contributed by atoms with Gasteiger partial charge in [0.15, 0.2) is 17.5 Å². The zero-order valence-corrected chi connectivity index (χ0v) is 32.1. The second-order valence-corrected chi connectivity index (χ2v) is 15.0. The third kappa shape index (κ3) is 5.65. The van der Waals surface area contributed by atoms with Gasteiger partial charge in [-0.2, -0.15) is 0 Å². The predicted molar refractivity (Wildman–Crippen MR) is 242 cm³/mol. The summed E-state index contributed by atoms with van der Waals surface area (Å²) in [6, 6.07) is 66.2. The Labute approximate surface area is 344 Å². The Morgan fingerprint density at radius 3 is 1.57 bits per heavy atom. The predicted octanol–water partition coefficient (Wildman–Crippen LogP) is 14.2. The molecular formula is C54H32N4O2. The van der Waals surface area contributed by atoms with E-state index in [-0.39, 0.29) is 0 Å². The Morgan fingerprint density at radius 1 is 0.300 bits per heavy atom. The fourth-order valence-corrected chi connectivity index (χ4v) is 8.44. The van der Waals surface area contributed by atoms with E-state index < -0.39 is 0 Å². The van der Waals surface area contributed by atoms with Gasteiger partial charge in [0.1, 0.15) is 22.3 Å². The van der Waals surface area contributed by atoms with Gasteiger partial charge >= 0.3 is 0 Å². The zero-order valence-electron chi connectivity index (χ0n) is 32.1. The van der Waals surface area contributed by atoms with Crippen LogP contribution in [0.25, 0.3) is 122 Å². The lowest BCUT2D eigenvalue weighted by Crippen LogP contribution is -2.00. The number of fused-ring (bicyclic) bond motifs is 8. The topological polar surface area (TPSA) is 77.8 Å². The monoisotopic (exact) mass is 768 g/mol. The molecule has 12 aromatic rings. The number of nitrogens with zero attached hydrogens (tertiary/aromatic N) is 4. The van der Waals surface area contributed by atoms with Crippen molar-refractivity contribution in [2.75, 3.05) is 0 Å². The summed E-state index contributed by atoms with van der Waals surface area (Å²) in [6.45, 7) is 0. The molecule has 6 heteroatoms. The van der Waals surface area contributed by atoms with E-state index in [0.717, 1.165) is 105 Å². The molecule has 0 bridgehead atoms. The molecule has 4 heterocycles. The molecule has 4 aromatic heterocycles. The van der Waals surface area contributed by atoms with E-state index in [0.29, 0.717) is 17.5 Å². The second kappa shape index (κ2) is 13.7. The highest BCUT2D eigenvalue weighted by Gasteiger charge is 2.20. The molecule has 6 nitrogen and oxygen atoms in total. The van der Waals surface area contributed by atoms with Gasteiger partial charge in [-0.3, -0.25) is 0 Å². The molecule has 0 radical (unpaired) electrons.